The van der Waals surface area contributed by atoms with Crippen molar-refractivity contribution in [3.8, 4) is 0 Å². The van der Waals surface area contributed by atoms with E-state index in [-0.39, 0.29) is 30.2 Å². The molecule has 0 radical (unpaired) electrons. The van der Waals surface area contributed by atoms with Crippen LogP contribution in [0.5, 0.6) is 0 Å². The number of aliphatic hydroxyl groups excluding tert-OH is 5. The predicted octanol–water partition coefficient (Wildman–Crippen LogP) is 9.23. The van der Waals surface area contributed by atoms with Crippen molar-refractivity contribution in [1.82, 2.24) is 0 Å². The molecule has 2 aliphatic rings. The highest BCUT2D eigenvalue weighted by molar-refractivity contribution is 7.89. The van der Waals surface area contributed by atoms with Gasteiger partial charge in [-0.05, 0) is 25.7 Å². The largest absolute Gasteiger partial charge is 0.691 e. The fourth-order valence-corrected chi connectivity index (χ4v) is 9.54. The van der Waals surface area contributed by atoms with E-state index in [1.54, 1.807) is 6.92 Å². The summed E-state index contributed by atoms with van der Waals surface area (Å²) in [5.41, 5.74) is 0.258. The highest BCUT2D eigenvalue weighted by Gasteiger charge is 2.54. The lowest BCUT2D eigenvalue weighted by molar-refractivity contribution is -0.777. The third-order valence-electron chi connectivity index (χ3n) is 13.5. The average molecular weight is 1010 g/mol. The second kappa shape index (κ2) is 41.0. The minimum Gasteiger partial charge on any atom is -0.691 e. The number of aliphatic hydroxyl groups is 5. The van der Waals surface area contributed by atoms with Gasteiger partial charge in [0, 0.05) is 12.0 Å². The van der Waals surface area contributed by atoms with Gasteiger partial charge in [-0.25, -0.2) is 4.79 Å². The van der Waals surface area contributed by atoms with E-state index in [9.17, 15) is 40.4 Å². The second-order valence-electron chi connectivity index (χ2n) is 19.6. The maximum atomic E-state index is 13.8. The van der Waals surface area contributed by atoms with Gasteiger partial charge in [-0.2, -0.15) is 0 Å². The Hall–Kier alpha value is -1.45. The first kappa shape index (κ1) is 63.7. The molecule has 0 aromatic carbocycles. The number of rotatable bonds is 43. The Balaban J connectivity index is 2.03. The molecule has 2 rings (SSSR count). The van der Waals surface area contributed by atoms with Gasteiger partial charge in [0.1, 0.15) is 30.5 Å². The molecule has 10 unspecified atom stereocenters. The topological polar surface area (TPSA) is 232 Å². The van der Waals surface area contributed by atoms with Crippen molar-refractivity contribution in [2.45, 2.75) is 288 Å². The van der Waals surface area contributed by atoms with Crippen molar-refractivity contribution in [2.75, 3.05) is 13.2 Å². The number of ether oxygens (including phenoxy) is 5. The first-order valence-corrected chi connectivity index (χ1v) is 27.8. The van der Waals surface area contributed by atoms with Crippen LogP contribution < -0.4 is 5.26 Å². The molecule has 2 heterocycles. The van der Waals surface area contributed by atoms with Gasteiger partial charge in [0.15, 0.2) is 36.9 Å². The summed E-state index contributed by atoms with van der Waals surface area (Å²) in [6.45, 7) is 6.57. The lowest BCUT2D eigenvalue weighted by atomic mass is 9.97. The Bertz CT molecular complexity index is 1300. The van der Waals surface area contributed by atoms with Crippen molar-refractivity contribution >= 4 is 24.3 Å². The summed E-state index contributed by atoms with van der Waals surface area (Å²) >= 11 is -0.000382. The van der Waals surface area contributed by atoms with Crippen molar-refractivity contribution < 1.29 is 77.6 Å². The smallest absolute Gasteiger partial charge is 0.333 e. The minimum atomic E-state index is -1.79. The summed E-state index contributed by atoms with van der Waals surface area (Å²) in [6, 6.07) is 0. The molecule has 16 nitrogen and oxygen atoms in total. The maximum absolute atomic E-state index is 13.8. The fourth-order valence-electron chi connectivity index (χ4n) is 9.19. The standard InChI is InChI=1S/C52H96O16S/c1-5-7-9-11-13-15-17-19-20-21-23-24-26-28-30-32-34-39(3)36-40(4)50(59)64-49-47(63-43(55)35-33-31-29-27-25-22-18-16-14-12-10-8-6-2)45(57)42(38-54)62-52(49)65-51-48(66-69-68-67-60)46(58)44(56)41(37-53)61-51/h36,39,41-42,44-49,51-54,56-58,60H,5-35,37-38H2,1-4H3/p-1/b40-36+/t39-,41?,42?,44?,45?,46?,47?,48?,49?,51?,52?/m0/s1. The van der Waals surface area contributed by atoms with Crippen LogP contribution in [0.3, 0.4) is 0 Å². The Morgan fingerprint density at radius 2 is 1.00 bits per heavy atom. The first-order chi connectivity index (χ1) is 33.5. The first-order valence-electron chi connectivity index (χ1n) is 27.1. The summed E-state index contributed by atoms with van der Waals surface area (Å²) in [4.78, 5) is 27.2. The third-order valence-corrected chi connectivity index (χ3v) is 13.9. The number of unbranched alkanes of at least 4 members (excludes halogenated alkanes) is 27. The van der Waals surface area contributed by atoms with E-state index in [1.165, 1.54) is 141 Å². The molecule has 406 valence electrons. The number of carbonyl (C=O) groups is 2. The highest BCUT2D eigenvalue weighted by atomic mass is 32.2. The second-order valence-corrected chi connectivity index (χ2v) is 20.0. The van der Waals surface area contributed by atoms with E-state index in [2.05, 4.69) is 23.2 Å². The molecule has 69 heavy (non-hydrogen) atoms. The van der Waals surface area contributed by atoms with Gasteiger partial charge < -0.3 is 54.5 Å². The zero-order valence-electron chi connectivity index (χ0n) is 42.9. The molecule has 0 saturated carbocycles. The highest BCUT2D eigenvalue weighted by Crippen LogP contribution is 2.34. The van der Waals surface area contributed by atoms with Crippen LogP contribution in [0.1, 0.15) is 227 Å². The van der Waals surface area contributed by atoms with Crippen molar-refractivity contribution in [1.29, 1.82) is 0 Å². The van der Waals surface area contributed by atoms with E-state index in [4.69, 9.17) is 27.9 Å². The van der Waals surface area contributed by atoms with Crippen LogP contribution in [0, 0.1) is 5.92 Å². The molecule has 0 spiro atoms. The van der Waals surface area contributed by atoms with Gasteiger partial charge in [0.05, 0.1) is 13.2 Å². The van der Waals surface area contributed by atoms with Crippen LogP contribution in [-0.4, -0.2) is 112 Å². The zero-order chi connectivity index (χ0) is 50.5. The van der Waals surface area contributed by atoms with E-state index < -0.39 is 86.6 Å². The quantitative estimate of drug-likeness (QED) is 0.00956. The van der Waals surface area contributed by atoms with Gasteiger partial charge in [0.2, 0.25) is 6.29 Å². The predicted molar refractivity (Wildman–Crippen MR) is 262 cm³/mol. The minimum absolute atomic E-state index is 0.000382. The van der Waals surface area contributed by atoms with Gasteiger partial charge in [0.25, 0.3) is 0 Å². The molecule has 0 aromatic heterocycles. The number of hydrogen-bond donors (Lipinski definition) is 5. The summed E-state index contributed by atoms with van der Waals surface area (Å²) < 4.78 is 38.9. The fraction of sp³-hybridized carbons (Fsp3) is 0.923. The van der Waals surface area contributed by atoms with E-state index in [0.717, 1.165) is 44.9 Å². The normalized spacial score (nSPS) is 25.7. The average Bonchev–Trinajstić information content (AvgIpc) is 3.34. The number of carbonyl (C=O) groups excluding carboxylic acids is 2. The van der Waals surface area contributed by atoms with E-state index in [1.807, 2.05) is 13.0 Å². The van der Waals surface area contributed by atoms with Crippen LogP contribution in [0.4, 0.5) is 0 Å². The van der Waals surface area contributed by atoms with E-state index in [0.29, 0.717) is 6.42 Å². The SMILES string of the molecule is CCCCCCCCCCCCCCCCCC[C@H](C)/C=C(\C)C(=O)OC1C(OC2OC(CO)C(O)C(O)C2OSOO[O-])OC(CO)C(O)C1OC(=O)CCCCCCCCCCCCCCC. The van der Waals surface area contributed by atoms with Crippen LogP contribution >= 0.6 is 12.3 Å². The molecule has 5 N–H and O–H groups in total. The third kappa shape index (κ3) is 27.4. The molecule has 0 amide bonds. The summed E-state index contributed by atoms with van der Waals surface area (Å²) in [5.74, 6) is -1.44. The van der Waals surface area contributed by atoms with Gasteiger partial charge >= 0.3 is 11.9 Å². The van der Waals surface area contributed by atoms with Crippen LogP contribution in [0.2, 0.25) is 0 Å². The molecule has 11 atom stereocenters. The molecule has 0 aliphatic carbocycles. The van der Waals surface area contributed by atoms with Gasteiger partial charge in [-0.3, -0.25) is 14.0 Å². The number of esters is 2. The van der Waals surface area contributed by atoms with Crippen molar-refractivity contribution in [3.63, 3.8) is 0 Å². The van der Waals surface area contributed by atoms with Crippen LogP contribution in [0.15, 0.2) is 11.6 Å². The molecular formula is C52H95O16S-. The Morgan fingerprint density at radius 1 is 0.580 bits per heavy atom. The summed E-state index contributed by atoms with van der Waals surface area (Å²) in [7, 11) is 0. The molecule has 2 aliphatic heterocycles. The molecule has 0 aromatic rings. The summed E-state index contributed by atoms with van der Waals surface area (Å²) in [5, 5.41) is 66.8. The van der Waals surface area contributed by atoms with Crippen molar-refractivity contribution in [2.24, 2.45) is 5.92 Å². The Morgan fingerprint density at radius 3 is 1.45 bits per heavy atom. The van der Waals surface area contributed by atoms with Crippen molar-refractivity contribution in [3.05, 3.63) is 11.6 Å². The Labute approximate surface area is 419 Å². The van der Waals surface area contributed by atoms with Crippen LogP contribution in [-0.2, 0) is 46.8 Å². The molecule has 2 saturated heterocycles. The molecular weight excluding hydrogens is 913 g/mol. The lowest BCUT2D eigenvalue weighted by Gasteiger charge is -2.46. The molecule has 2 fully saturated rings. The molecule has 17 heteroatoms. The summed E-state index contributed by atoms with van der Waals surface area (Å²) in [6.07, 6.45) is 21.6. The number of hydrogen-bond acceptors (Lipinski definition) is 17. The monoisotopic (exact) mass is 1010 g/mol. The zero-order valence-corrected chi connectivity index (χ0v) is 43.7. The van der Waals surface area contributed by atoms with E-state index >= 15 is 0 Å². The van der Waals surface area contributed by atoms with Gasteiger partial charge in [-0.1, -0.05) is 207 Å². The maximum Gasteiger partial charge on any atom is 0.333 e. The van der Waals surface area contributed by atoms with Crippen LogP contribution in [0.25, 0.3) is 0 Å². The molecule has 0 bridgehead atoms. The lowest BCUT2D eigenvalue weighted by Crippen LogP contribution is -2.65. The number of allylic oxidation sites excluding steroid dienone is 1. The van der Waals surface area contributed by atoms with Gasteiger partial charge in [-0.15, -0.1) is 4.33 Å². The Kier molecular flexibility index (Phi) is 37.8.